The van der Waals surface area contributed by atoms with E-state index in [1.54, 1.807) is 6.92 Å². The third kappa shape index (κ3) is 2.66. The zero-order valence-corrected chi connectivity index (χ0v) is 9.09. The number of nitrogens with two attached hydrogens (primary N) is 1. The number of carboxylic acid groups (broad SMARTS) is 1. The SMILES string of the molecule is Cc1nc(N)sc1C(=O)N[C@@H](C)C(=O)O. The molecule has 0 bridgehead atoms. The zero-order chi connectivity index (χ0) is 11.6. The van der Waals surface area contributed by atoms with Crippen molar-refractivity contribution in [2.24, 2.45) is 0 Å². The average Bonchev–Trinajstić information content (AvgIpc) is 2.44. The Morgan fingerprint density at radius 3 is 2.60 bits per heavy atom. The molecular formula is C8H11N3O3S. The minimum Gasteiger partial charge on any atom is -0.480 e. The van der Waals surface area contributed by atoms with Gasteiger partial charge < -0.3 is 16.2 Å². The van der Waals surface area contributed by atoms with Crippen LogP contribution < -0.4 is 11.1 Å². The molecule has 4 N–H and O–H groups in total. The van der Waals surface area contributed by atoms with Crippen molar-refractivity contribution in [1.29, 1.82) is 0 Å². The fourth-order valence-electron chi connectivity index (χ4n) is 0.952. The maximum atomic E-state index is 11.5. The van der Waals surface area contributed by atoms with Crippen LogP contribution in [0.3, 0.4) is 0 Å². The summed E-state index contributed by atoms with van der Waals surface area (Å²) in [5.74, 6) is -1.55. The lowest BCUT2D eigenvalue weighted by molar-refractivity contribution is -0.138. The third-order valence-electron chi connectivity index (χ3n) is 1.74. The monoisotopic (exact) mass is 229 g/mol. The van der Waals surface area contributed by atoms with E-state index >= 15 is 0 Å². The Labute approximate surface area is 90.1 Å². The molecule has 0 unspecified atom stereocenters. The largest absolute Gasteiger partial charge is 0.480 e. The van der Waals surface area contributed by atoms with Gasteiger partial charge >= 0.3 is 5.97 Å². The fraction of sp³-hybridized carbons (Fsp3) is 0.375. The highest BCUT2D eigenvalue weighted by molar-refractivity contribution is 7.17. The second kappa shape index (κ2) is 4.26. The van der Waals surface area contributed by atoms with E-state index in [4.69, 9.17) is 10.8 Å². The molecule has 0 radical (unpaired) electrons. The normalized spacial score (nSPS) is 12.1. The molecule has 82 valence electrons. The molecule has 7 heteroatoms. The molecule has 6 nitrogen and oxygen atoms in total. The number of nitrogens with zero attached hydrogens (tertiary/aromatic N) is 1. The molecule has 0 aromatic carbocycles. The summed E-state index contributed by atoms with van der Waals surface area (Å²) in [4.78, 5) is 26.3. The number of rotatable bonds is 3. The van der Waals surface area contributed by atoms with Crippen LogP contribution in [0.15, 0.2) is 0 Å². The predicted molar refractivity (Wildman–Crippen MR) is 55.8 cm³/mol. The first kappa shape index (κ1) is 11.4. The number of hydrogen-bond acceptors (Lipinski definition) is 5. The van der Waals surface area contributed by atoms with Crippen molar-refractivity contribution < 1.29 is 14.7 Å². The van der Waals surface area contributed by atoms with E-state index < -0.39 is 17.9 Å². The summed E-state index contributed by atoms with van der Waals surface area (Å²) in [5.41, 5.74) is 5.93. The highest BCUT2D eigenvalue weighted by atomic mass is 32.1. The molecule has 15 heavy (non-hydrogen) atoms. The van der Waals surface area contributed by atoms with Gasteiger partial charge in [-0.25, -0.2) is 4.98 Å². The number of nitrogens with one attached hydrogen (secondary N) is 1. The van der Waals surface area contributed by atoms with Crippen molar-refractivity contribution in [3.63, 3.8) is 0 Å². The second-order valence-corrected chi connectivity index (χ2v) is 4.03. The molecule has 0 fully saturated rings. The lowest BCUT2D eigenvalue weighted by atomic mass is 10.3. The number of amides is 1. The maximum absolute atomic E-state index is 11.5. The summed E-state index contributed by atoms with van der Waals surface area (Å²) in [6.07, 6.45) is 0. The minimum atomic E-state index is -1.08. The van der Waals surface area contributed by atoms with E-state index in [2.05, 4.69) is 10.3 Å². The Morgan fingerprint density at radius 1 is 1.60 bits per heavy atom. The quantitative estimate of drug-likeness (QED) is 0.688. The Kier molecular flexibility index (Phi) is 3.25. The Bertz CT molecular complexity index is 402. The summed E-state index contributed by atoms with van der Waals surface area (Å²) in [7, 11) is 0. The summed E-state index contributed by atoms with van der Waals surface area (Å²) in [6, 6.07) is -0.930. The summed E-state index contributed by atoms with van der Waals surface area (Å²) in [6.45, 7) is 3.03. The zero-order valence-electron chi connectivity index (χ0n) is 8.27. The van der Waals surface area contributed by atoms with E-state index in [0.29, 0.717) is 15.7 Å². The summed E-state index contributed by atoms with van der Waals surface area (Å²) < 4.78 is 0. The van der Waals surface area contributed by atoms with Crippen molar-refractivity contribution in [1.82, 2.24) is 10.3 Å². The molecule has 0 aliphatic heterocycles. The molecule has 1 atom stereocenters. The second-order valence-electron chi connectivity index (χ2n) is 3.00. The van der Waals surface area contributed by atoms with Gasteiger partial charge in [0, 0.05) is 0 Å². The number of aromatic nitrogens is 1. The van der Waals surface area contributed by atoms with Crippen LogP contribution in [0.1, 0.15) is 22.3 Å². The van der Waals surface area contributed by atoms with Gasteiger partial charge in [0.15, 0.2) is 5.13 Å². The number of carboxylic acids is 1. The summed E-state index contributed by atoms with van der Waals surface area (Å²) in [5, 5.41) is 11.2. The molecule has 0 aliphatic carbocycles. The Balaban J connectivity index is 2.77. The first-order valence-corrected chi connectivity index (χ1v) is 5.00. The van der Waals surface area contributed by atoms with Crippen LogP contribution in [0.4, 0.5) is 5.13 Å². The Morgan fingerprint density at radius 2 is 2.20 bits per heavy atom. The van der Waals surface area contributed by atoms with Gasteiger partial charge in [0.2, 0.25) is 0 Å². The molecule has 0 saturated heterocycles. The van der Waals surface area contributed by atoms with Gasteiger partial charge in [-0.05, 0) is 13.8 Å². The number of thiazole rings is 1. The number of nitrogen functional groups attached to an aromatic ring is 1. The number of aryl methyl sites for hydroxylation is 1. The lowest BCUT2D eigenvalue weighted by Crippen LogP contribution is -2.38. The van der Waals surface area contributed by atoms with E-state index in [0.717, 1.165) is 11.3 Å². The molecular weight excluding hydrogens is 218 g/mol. The maximum Gasteiger partial charge on any atom is 0.325 e. The van der Waals surface area contributed by atoms with E-state index in [1.807, 2.05) is 0 Å². The van der Waals surface area contributed by atoms with Crippen LogP contribution in [0.5, 0.6) is 0 Å². The number of anilines is 1. The number of carbonyl (C=O) groups is 2. The van der Waals surface area contributed by atoms with Crippen molar-refractivity contribution in [3.05, 3.63) is 10.6 Å². The molecule has 1 rings (SSSR count). The van der Waals surface area contributed by atoms with E-state index in [1.165, 1.54) is 6.92 Å². The van der Waals surface area contributed by atoms with E-state index in [-0.39, 0.29) is 0 Å². The third-order valence-corrected chi connectivity index (χ3v) is 2.72. The lowest BCUT2D eigenvalue weighted by Gasteiger charge is -2.07. The van der Waals surface area contributed by atoms with Crippen molar-refractivity contribution in [3.8, 4) is 0 Å². The molecule has 0 spiro atoms. The average molecular weight is 229 g/mol. The van der Waals surface area contributed by atoms with Crippen molar-refractivity contribution in [2.75, 3.05) is 5.73 Å². The van der Waals surface area contributed by atoms with Crippen LogP contribution in [-0.4, -0.2) is 28.0 Å². The van der Waals surface area contributed by atoms with Crippen LogP contribution in [0.25, 0.3) is 0 Å². The first-order valence-electron chi connectivity index (χ1n) is 4.18. The molecule has 0 aliphatic rings. The van der Waals surface area contributed by atoms with Gasteiger partial charge in [0.1, 0.15) is 10.9 Å². The minimum absolute atomic E-state index is 0.292. The van der Waals surface area contributed by atoms with Gasteiger partial charge in [0.05, 0.1) is 5.69 Å². The topological polar surface area (TPSA) is 105 Å². The molecule has 1 aromatic heterocycles. The highest BCUT2D eigenvalue weighted by Gasteiger charge is 2.19. The smallest absolute Gasteiger partial charge is 0.325 e. The van der Waals surface area contributed by atoms with Gasteiger partial charge in [0.25, 0.3) is 5.91 Å². The van der Waals surface area contributed by atoms with Crippen LogP contribution >= 0.6 is 11.3 Å². The van der Waals surface area contributed by atoms with Crippen LogP contribution in [0.2, 0.25) is 0 Å². The number of carbonyl (C=O) groups excluding carboxylic acids is 1. The van der Waals surface area contributed by atoms with Crippen molar-refractivity contribution >= 4 is 28.3 Å². The van der Waals surface area contributed by atoms with Gasteiger partial charge in [-0.2, -0.15) is 0 Å². The van der Waals surface area contributed by atoms with Crippen LogP contribution in [-0.2, 0) is 4.79 Å². The fourth-order valence-corrected chi connectivity index (χ4v) is 1.69. The Hall–Kier alpha value is -1.63. The van der Waals surface area contributed by atoms with Gasteiger partial charge in [-0.1, -0.05) is 11.3 Å². The summed E-state index contributed by atoms with van der Waals surface area (Å²) >= 11 is 1.04. The molecule has 1 aromatic rings. The molecule has 1 heterocycles. The molecule has 0 saturated carbocycles. The number of aliphatic carboxylic acids is 1. The number of hydrogen-bond donors (Lipinski definition) is 3. The van der Waals surface area contributed by atoms with Gasteiger partial charge in [-0.3, -0.25) is 9.59 Å². The van der Waals surface area contributed by atoms with Gasteiger partial charge in [-0.15, -0.1) is 0 Å². The van der Waals surface area contributed by atoms with Crippen molar-refractivity contribution in [2.45, 2.75) is 19.9 Å². The highest BCUT2D eigenvalue weighted by Crippen LogP contribution is 2.19. The van der Waals surface area contributed by atoms with E-state index in [9.17, 15) is 9.59 Å². The molecule has 1 amide bonds. The first-order chi connectivity index (χ1) is 6.91. The van der Waals surface area contributed by atoms with Crippen LogP contribution in [0, 0.1) is 6.92 Å². The standard InChI is InChI=1S/C8H11N3O3S/c1-3-5(15-8(9)11-3)6(12)10-4(2)7(13)14/h4H,1-2H3,(H2,9,11)(H,10,12)(H,13,14)/t4-/m0/s1. The predicted octanol–water partition coefficient (Wildman–Crippen LogP) is 0.237.